The average Bonchev–Trinajstić information content (AvgIpc) is 3.09. The Kier molecular flexibility index (Phi) is 4.60. The molecule has 0 saturated heterocycles. The van der Waals surface area contributed by atoms with Crippen molar-refractivity contribution in [3.05, 3.63) is 65.4 Å². The largest absolute Gasteiger partial charge is 0.345 e. The van der Waals surface area contributed by atoms with Crippen molar-refractivity contribution in [2.24, 2.45) is 0 Å². The number of hydrogen-bond acceptors (Lipinski definition) is 1. The maximum absolute atomic E-state index is 13.0. The molecule has 1 amide bonds. The Morgan fingerprint density at radius 3 is 2.31 bits per heavy atom. The predicted molar refractivity (Wildman–Crippen MR) is 122 cm³/mol. The number of benzene rings is 2. The van der Waals surface area contributed by atoms with Crippen LogP contribution >= 0.6 is 0 Å². The molecule has 4 rings (SSSR count). The van der Waals surface area contributed by atoms with E-state index in [0.29, 0.717) is 6.04 Å². The Bertz CT molecular complexity index is 1090. The van der Waals surface area contributed by atoms with E-state index in [1.165, 1.54) is 23.1 Å². The van der Waals surface area contributed by atoms with Crippen LogP contribution in [0.25, 0.3) is 10.9 Å². The molecular weight excluding hydrogens is 356 g/mol. The Morgan fingerprint density at radius 1 is 0.931 bits per heavy atom. The summed E-state index contributed by atoms with van der Waals surface area (Å²) in [4.78, 5) is 13.0. The quantitative estimate of drug-likeness (QED) is 0.524. The second-order valence-corrected chi connectivity index (χ2v) is 10.1. The average molecular weight is 389 g/mol. The third-order valence-corrected chi connectivity index (χ3v) is 6.65. The Balaban J connectivity index is 1.63. The van der Waals surface area contributed by atoms with Crippen LogP contribution in [0.2, 0.25) is 0 Å². The molecule has 0 aliphatic heterocycles. The van der Waals surface area contributed by atoms with E-state index < -0.39 is 0 Å². The Morgan fingerprint density at radius 2 is 1.62 bits per heavy atom. The minimum absolute atomic E-state index is 0.0466. The number of anilines is 1. The SMILES string of the molecule is CC(C)n1ccc2cc(NC(=O)c3ccc4c(c3)C(C)(C)CCC4(C)C)ccc21. The normalized spacial score (nSPS) is 17.3. The van der Waals surface area contributed by atoms with E-state index in [4.69, 9.17) is 0 Å². The van der Waals surface area contributed by atoms with Gasteiger partial charge < -0.3 is 9.88 Å². The van der Waals surface area contributed by atoms with Crippen molar-refractivity contribution >= 4 is 22.5 Å². The first-order valence-electron chi connectivity index (χ1n) is 10.7. The zero-order valence-corrected chi connectivity index (χ0v) is 18.5. The molecule has 0 spiro atoms. The predicted octanol–water partition coefficient (Wildman–Crippen LogP) is 6.82. The van der Waals surface area contributed by atoms with Gasteiger partial charge in [0.15, 0.2) is 0 Å². The van der Waals surface area contributed by atoms with Crippen LogP contribution in [0.4, 0.5) is 5.69 Å². The van der Waals surface area contributed by atoms with Gasteiger partial charge in [0.1, 0.15) is 0 Å². The topological polar surface area (TPSA) is 34.0 Å². The van der Waals surface area contributed by atoms with E-state index >= 15 is 0 Å². The lowest BCUT2D eigenvalue weighted by molar-refractivity contribution is 0.102. The van der Waals surface area contributed by atoms with Gasteiger partial charge in [0.25, 0.3) is 5.91 Å². The molecule has 0 bridgehead atoms. The van der Waals surface area contributed by atoms with E-state index in [1.807, 2.05) is 12.1 Å². The standard InChI is InChI=1S/C26H32N2O/c1-17(2)28-14-11-18-15-20(8-10-23(18)28)27-24(29)19-7-9-21-22(16-19)26(5,6)13-12-25(21,3)4/h7-11,14-17H,12-13H2,1-6H3,(H,27,29). The van der Waals surface area contributed by atoms with Crippen LogP contribution in [0.15, 0.2) is 48.7 Å². The zero-order chi connectivity index (χ0) is 21.0. The second kappa shape index (κ2) is 6.76. The number of nitrogens with zero attached hydrogens (tertiary/aromatic N) is 1. The molecule has 1 N–H and O–H groups in total. The molecule has 1 aliphatic rings. The van der Waals surface area contributed by atoms with E-state index in [0.717, 1.165) is 23.1 Å². The highest BCUT2D eigenvalue weighted by molar-refractivity contribution is 6.05. The fourth-order valence-corrected chi connectivity index (χ4v) is 4.63. The lowest BCUT2D eigenvalue weighted by atomic mass is 9.63. The van der Waals surface area contributed by atoms with Crippen LogP contribution in [0.3, 0.4) is 0 Å². The fraction of sp³-hybridized carbons (Fsp3) is 0.423. The summed E-state index contributed by atoms with van der Waals surface area (Å²) in [6, 6.07) is 14.9. The van der Waals surface area contributed by atoms with Crippen LogP contribution in [-0.4, -0.2) is 10.5 Å². The molecule has 2 aromatic carbocycles. The van der Waals surface area contributed by atoms with Crippen molar-refractivity contribution in [1.82, 2.24) is 4.57 Å². The number of hydrogen-bond donors (Lipinski definition) is 1. The van der Waals surface area contributed by atoms with Crippen molar-refractivity contribution in [2.45, 2.75) is 71.3 Å². The second-order valence-electron chi connectivity index (χ2n) is 10.1. The van der Waals surface area contributed by atoms with E-state index in [1.54, 1.807) is 0 Å². The van der Waals surface area contributed by atoms with Gasteiger partial charge in [-0.1, -0.05) is 33.8 Å². The van der Waals surface area contributed by atoms with Crippen LogP contribution < -0.4 is 5.32 Å². The van der Waals surface area contributed by atoms with Crippen molar-refractivity contribution in [3.8, 4) is 0 Å². The molecule has 29 heavy (non-hydrogen) atoms. The summed E-state index contributed by atoms with van der Waals surface area (Å²) in [7, 11) is 0. The molecule has 0 unspecified atom stereocenters. The molecule has 3 nitrogen and oxygen atoms in total. The molecule has 1 heterocycles. The summed E-state index contributed by atoms with van der Waals surface area (Å²) in [6.07, 6.45) is 4.42. The van der Waals surface area contributed by atoms with Gasteiger partial charge in [0.05, 0.1) is 0 Å². The van der Waals surface area contributed by atoms with Gasteiger partial charge in [0.2, 0.25) is 0 Å². The summed E-state index contributed by atoms with van der Waals surface area (Å²) >= 11 is 0. The first kappa shape index (κ1) is 19.8. The van der Waals surface area contributed by atoms with Crippen molar-refractivity contribution in [2.75, 3.05) is 5.32 Å². The zero-order valence-electron chi connectivity index (χ0n) is 18.5. The lowest BCUT2D eigenvalue weighted by Gasteiger charge is -2.42. The van der Waals surface area contributed by atoms with E-state index in [9.17, 15) is 4.79 Å². The van der Waals surface area contributed by atoms with Gasteiger partial charge in [-0.05, 0) is 85.0 Å². The number of carbonyl (C=O) groups is 1. The molecule has 3 heteroatoms. The summed E-state index contributed by atoms with van der Waals surface area (Å²) in [6.45, 7) is 13.5. The first-order valence-corrected chi connectivity index (χ1v) is 10.7. The van der Waals surface area contributed by atoms with Crippen LogP contribution in [0.5, 0.6) is 0 Å². The minimum atomic E-state index is -0.0466. The third kappa shape index (κ3) is 3.48. The number of nitrogens with one attached hydrogen (secondary N) is 1. The summed E-state index contributed by atoms with van der Waals surface area (Å²) < 4.78 is 2.24. The van der Waals surface area contributed by atoms with Gasteiger partial charge >= 0.3 is 0 Å². The highest BCUT2D eigenvalue weighted by Gasteiger charge is 2.37. The minimum Gasteiger partial charge on any atom is -0.345 e. The number of aromatic nitrogens is 1. The summed E-state index contributed by atoms with van der Waals surface area (Å²) in [5.74, 6) is -0.0466. The third-order valence-electron chi connectivity index (χ3n) is 6.65. The number of amides is 1. The fourth-order valence-electron chi connectivity index (χ4n) is 4.63. The van der Waals surface area contributed by atoms with Crippen molar-refractivity contribution in [3.63, 3.8) is 0 Å². The van der Waals surface area contributed by atoms with Gasteiger partial charge in [-0.25, -0.2) is 0 Å². The monoisotopic (exact) mass is 388 g/mol. The maximum Gasteiger partial charge on any atom is 0.255 e. The van der Waals surface area contributed by atoms with Gasteiger partial charge in [-0.3, -0.25) is 4.79 Å². The van der Waals surface area contributed by atoms with Crippen molar-refractivity contribution < 1.29 is 4.79 Å². The lowest BCUT2D eigenvalue weighted by Crippen LogP contribution is -2.34. The number of fused-ring (bicyclic) bond motifs is 2. The summed E-state index contributed by atoms with van der Waals surface area (Å²) in [5, 5.41) is 4.24. The van der Waals surface area contributed by atoms with Gasteiger partial charge in [-0.2, -0.15) is 0 Å². The molecule has 0 saturated carbocycles. The Labute approximate surface area is 174 Å². The first-order chi connectivity index (χ1) is 13.6. The Hall–Kier alpha value is -2.55. The van der Waals surface area contributed by atoms with Gasteiger partial charge in [0, 0.05) is 34.4 Å². The molecule has 1 aliphatic carbocycles. The summed E-state index contributed by atoms with van der Waals surface area (Å²) in [5.41, 5.74) is 5.70. The van der Waals surface area contributed by atoms with E-state index in [2.05, 4.69) is 88.0 Å². The smallest absolute Gasteiger partial charge is 0.255 e. The van der Waals surface area contributed by atoms with E-state index in [-0.39, 0.29) is 16.7 Å². The maximum atomic E-state index is 13.0. The molecule has 1 aromatic heterocycles. The number of carbonyl (C=O) groups excluding carboxylic acids is 1. The number of rotatable bonds is 3. The molecule has 152 valence electrons. The molecule has 0 atom stereocenters. The van der Waals surface area contributed by atoms with Crippen molar-refractivity contribution in [1.29, 1.82) is 0 Å². The molecule has 3 aromatic rings. The van der Waals surface area contributed by atoms with Gasteiger partial charge in [-0.15, -0.1) is 0 Å². The highest BCUT2D eigenvalue weighted by Crippen LogP contribution is 2.45. The van der Waals surface area contributed by atoms with Crippen LogP contribution in [0.1, 0.15) is 81.9 Å². The molecular formula is C26H32N2O. The highest BCUT2D eigenvalue weighted by atomic mass is 16.1. The van der Waals surface area contributed by atoms with Crippen LogP contribution in [-0.2, 0) is 10.8 Å². The molecule has 0 fully saturated rings. The molecule has 0 radical (unpaired) electrons. The van der Waals surface area contributed by atoms with Crippen LogP contribution in [0, 0.1) is 0 Å².